The molecule has 2 nitrogen and oxygen atoms in total. The molecule has 0 spiro atoms. The molecule has 0 aliphatic carbocycles. The minimum absolute atomic E-state index is 0. The summed E-state index contributed by atoms with van der Waals surface area (Å²) >= 11 is 0. The third-order valence-electron chi connectivity index (χ3n) is 1.15. The molecule has 3 heteroatoms. The van der Waals surface area contributed by atoms with Crippen molar-refractivity contribution in [2.24, 2.45) is 0 Å². The predicted octanol–water partition coefficient (Wildman–Crippen LogP) is -2.32. The Morgan fingerprint density at radius 2 is 1.80 bits per heavy atom. The van der Waals surface area contributed by atoms with E-state index in [9.17, 15) is 4.79 Å². The normalized spacial score (nSPS) is 10.3. The van der Waals surface area contributed by atoms with Crippen LogP contribution in [0.15, 0.2) is 0 Å². The number of nitrogens with zero attached hydrogens (tertiary/aromatic N) is 1. The van der Waals surface area contributed by atoms with E-state index in [0.717, 1.165) is 23.7 Å². The fourth-order valence-electron chi connectivity index (χ4n) is 0.649. The third kappa shape index (κ3) is 10.8. The third-order valence-corrected chi connectivity index (χ3v) is 1.15. The Kier molecular flexibility index (Phi) is 7.15. The van der Waals surface area contributed by atoms with Crippen LogP contribution in [0.1, 0.15) is 12.8 Å². The number of carbonyl (C=O) groups excluding carboxylic acids is 1. The summed E-state index contributed by atoms with van der Waals surface area (Å²) in [6.07, 6.45) is 2.69. The molecule has 0 aromatic carbocycles. The van der Waals surface area contributed by atoms with E-state index in [1.54, 1.807) is 0 Å². The van der Waals surface area contributed by atoms with Gasteiger partial charge in [0.05, 0.1) is 27.7 Å². The Bertz CT molecular complexity index is 88.1. The summed E-state index contributed by atoms with van der Waals surface area (Å²) in [6, 6.07) is 0. The second-order valence-electron chi connectivity index (χ2n) is 3.32. The maximum Gasteiger partial charge on any atom is 0.120 e. The van der Waals surface area contributed by atoms with Crippen molar-refractivity contribution in [2.75, 3.05) is 27.7 Å². The number of aldehydes is 1. The average Bonchev–Trinajstić information content (AvgIpc) is 1.63. The van der Waals surface area contributed by atoms with Crippen LogP contribution in [-0.4, -0.2) is 38.5 Å². The van der Waals surface area contributed by atoms with Crippen LogP contribution in [0.2, 0.25) is 0 Å². The zero-order chi connectivity index (χ0) is 7.33. The van der Waals surface area contributed by atoms with Gasteiger partial charge in [0.25, 0.3) is 0 Å². The second kappa shape index (κ2) is 5.69. The molecule has 0 heterocycles. The molecule has 0 aliphatic heterocycles. The molecule has 0 saturated heterocycles. The molecule has 0 rings (SSSR count). The van der Waals surface area contributed by atoms with Gasteiger partial charge >= 0.3 is 0 Å². The Balaban J connectivity index is 0. The van der Waals surface area contributed by atoms with Crippen molar-refractivity contribution in [1.82, 2.24) is 0 Å². The Hall–Kier alpha value is -0.0800. The van der Waals surface area contributed by atoms with Crippen LogP contribution in [0.25, 0.3) is 0 Å². The van der Waals surface area contributed by atoms with Crippen LogP contribution in [0.3, 0.4) is 0 Å². The Morgan fingerprint density at radius 3 is 2.10 bits per heavy atom. The quantitative estimate of drug-likeness (QED) is 0.260. The maximum absolute atomic E-state index is 9.88. The maximum atomic E-state index is 9.88. The molecular formula is C7H16ClNO. The molecule has 0 N–H and O–H groups in total. The molecule has 0 atom stereocenters. The minimum atomic E-state index is 0. The van der Waals surface area contributed by atoms with Gasteiger partial charge < -0.3 is 21.7 Å². The highest BCUT2D eigenvalue weighted by Crippen LogP contribution is 1.94. The lowest BCUT2D eigenvalue weighted by Crippen LogP contribution is -3.00. The largest absolute Gasteiger partial charge is 1.00 e. The van der Waals surface area contributed by atoms with E-state index in [-0.39, 0.29) is 12.4 Å². The molecular weight excluding hydrogens is 150 g/mol. The molecule has 0 aromatic rings. The fraction of sp³-hybridized carbons (Fsp3) is 0.857. The van der Waals surface area contributed by atoms with Crippen molar-refractivity contribution in [3.8, 4) is 0 Å². The SMILES string of the molecule is C[N+](C)(C)CCCC=O.[Cl-]. The van der Waals surface area contributed by atoms with Gasteiger partial charge in [-0.1, -0.05) is 0 Å². The van der Waals surface area contributed by atoms with Gasteiger partial charge in [0.15, 0.2) is 0 Å². The van der Waals surface area contributed by atoms with Gasteiger partial charge in [0.2, 0.25) is 0 Å². The summed E-state index contributed by atoms with van der Waals surface area (Å²) in [5.74, 6) is 0. The second-order valence-corrected chi connectivity index (χ2v) is 3.32. The molecule has 0 radical (unpaired) electrons. The Labute approximate surface area is 69.2 Å². The molecule has 10 heavy (non-hydrogen) atoms. The highest BCUT2D eigenvalue weighted by molar-refractivity contribution is 5.48. The van der Waals surface area contributed by atoms with Crippen molar-refractivity contribution >= 4 is 6.29 Å². The van der Waals surface area contributed by atoms with Gasteiger partial charge in [-0.2, -0.15) is 0 Å². The van der Waals surface area contributed by atoms with E-state index in [1.807, 2.05) is 0 Å². The molecule has 0 aromatic heterocycles. The number of halogens is 1. The summed E-state index contributed by atoms with van der Waals surface area (Å²) in [4.78, 5) is 9.88. The van der Waals surface area contributed by atoms with Gasteiger partial charge in [0, 0.05) is 12.8 Å². The average molecular weight is 166 g/mol. The van der Waals surface area contributed by atoms with Gasteiger partial charge in [-0.25, -0.2) is 0 Å². The van der Waals surface area contributed by atoms with Crippen LogP contribution in [0.4, 0.5) is 0 Å². The van der Waals surface area contributed by atoms with Crippen LogP contribution < -0.4 is 12.4 Å². The monoisotopic (exact) mass is 165 g/mol. The van der Waals surface area contributed by atoms with E-state index in [1.165, 1.54) is 0 Å². The van der Waals surface area contributed by atoms with E-state index < -0.39 is 0 Å². The topological polar surface area (TPSA) is 17.1 Å². The van der Waals surface area contributed by atoms with Crippen molar-refractivity contribution in [1.29, 1.82) is 0 Å². The number of hydrogen-bond donors (Lipinski definition) is 0. The number of carbonyl (C=O) groups is 1. The number of unbranched alkanes of at least 4 members (excludes halogenated alkanes) is 1. The van der Waals surface area contributed by atoms with Gasteiger partial charge in [-0.3, -0.25) is 0 Å². The number of hydrogen-bond acceptors (Lipinski definition) is 1. The lowest BCUT2D eigenvalue weighted by atomic mass is 10.3. The standard InChI is InChI=1S/C7H16NO.ClH/c1-8(2,3)6-4-5-7-9;/h7H,4-6H2,1-3H3;1H/q+1;/p-1. The zero-order valence-electron chi connectivity index (χ0n) is 6.93. The van der Waals surface area contributed by atoms with Gasteiger partial charge in [-0.15, -0.1) is 0 Å². The molecule has 0 fully saturated rings. The fourth-order valence-corrected chi connectivity index (χ4v) is 0.649. The molecule has 0 amide bonds. The minimum Gasteiger partial charge on any atom is -1.00 e. The smallest absolute Gasteiger partial charge is 0.120 e. The molecule has 62 valence electrons. The van der Waals surface area contributed by atoms with Crippen LogP contribution in [0.5, 0.6) is 0 Å². The molecule has 0 aliphatic rings. The van der Waals surface area contributed by atoms with Crippen LogP contribution >= 0.6 is 0 Å². The van der Waals surface area contributed by atoms with Crippen LogP contribution in [-0.2, 0) is 4.79 Å². The molecule has 0 saturated carbocycles. The van der Waals surface area contributed by atoms with Crippen molar-refractivity contribution in [3.05, 3.63) is 0 Å². The first-order valence-electron chi connectivity index (χ1n) is 3.30. The lowest BCUT2D eigenvalue weighted by molar-refractivity contribution is -0.870. The van der Waals surface area contributed by atoms with E-state index in [4.69, 9.17) is 0 Å². The number of quaternary nitrogens is 1. The van der Waals surface area contributed by atoms with E-state index >= 15 is 0 Å². The first-order valence-corrected chi connectivity index (χ1v) is 3.30. The molecule has 0 bridgehead atoms. The summed E-state index contributed by atoms with van der Waals surface area (Å²) in [5, 5.41) is 0. The van der Waals surface area contributed by atoms with Crippen molar-refractivity contribution < 1.29 is 21.7 Å². The van der Waals surface area contributed by atoms with Gasteiger partial charge in [-0.05, 0) is 0 Å². The lowest BCUT2D eigenvalue weighted by Gasteiger charge is -2.22. The zero-order valence-corrected chi connectivity index (χ0v) is 7.69. The van der Waals surface area contributed by atoms with Crippen molar-refractivity contribution in [3.63, 3.8) is 0 Å². The van der Waals surface area contributed by atoms with Crippen molar-refractivity contribution in [2.45, 2.75) is 12.8 Å². The summed E-state index contributed by atoms with van der Waals surface area (Å²) in [7, 11) is 6.39. The first-order chi connectivity index (χ1) is 4.06. The summed E-state index contributed by atoms with van der Waals surface area (Å²) in [5.41, 5.74) is 0. The predicted molar refractivity (Wildman–Crippen MR) is 38.2 cm³/mol. The highest BCUT2D eigenvalue weighted by atomic mass is 35.5. The van der Waals surface area contributed by atoms with E-state index in [0.29, 0.717) is 6.42 Å². The van der Waals surface area contributed by atoms with E-state index in [2.05, 4.69) is 21.1 Å². The number of rotatable bonds is 4. The van der Waals surface area contributed by atoms with Crippen LogP contribution in [0, 0.1) is 0 Å². The summed E-state index contributed by atoms with van der Waals surface area (Å²) in [6.45, 7) is 1.08. The first kappa shape index (κ1) is 12.6. The Morgan fingerprint density at radius 1 is 1.30 bits per heavy atom. The van der Waals surface area contributed by atoms with Gasteiger partial charge in [0.1, 0.15) is 6.29 Å². The highest BCUT2D eigenvalue weighted by Gasteiger charge is 2.03. The molecule has 0 unspecified atom stereocenters. The summed E-state index contributed by atoms with van der Waals surface area (Å²) < 4.78 is 0.952.